The SMILES string of the molecule is NC(=O)N1CCCCC1.O=C(O)c1ccccc1. The molecule has 1 heterocycles. The van der Waals surface area contributed by atoms with Gasteiger partial charge in [0.2, 0.25) is 0 Å². The zero-order valence-electron chi connectivity index (χ0n) is 10.2. The molecule has 1 aliphatic heterocycles. The number of likely N-dealkylation sites (tertiary alicyclic amines) is 1. The molecule has 1 aromatic rings. The van der Waals surface area contributed by atoms with E-state index in [-0.39, 0.29) is 6.03 Å². The molecule has 0 aliphatic carbocycles. The van der Waals surface area contributed by atoms with Gasteiger partial charge >= 0.3 is 12.0 Å². The van der Waals surface area contributed by atoms with Crippen LogP contribution in [-0.4, -0.2) is 35.1 Å². The first kappa shape index (κ1) is 14.0. The summed E-state index contributed by atoms with van der Waals surface area (Å²) in [6, 6.07) is 8.03. The summed E-state index contributed by atoms with van der Waals surface area (Å²) >= 11 is 0. The summed E-state index contributed by atoms with van der Waals surface area (Å²) in [6.07, 6.45) is 3.47. The Morgan fingerprint density at radius 1 is 1.06 bits per heavy atom. The topological polar surface area (TPSA) is 83.6 Å². The Bertz CT molecular complexity index is 386. The van der Waals surface area contributed by atoms with Crippen LogP contribution in [0.4, 0.5) is 4.79 Å². The van der Waals surface area contributed by atoms with Gasteiger partial charge in [0.15, 0.2) is 0 Å². The number of carboxylic acids is 1. The van der Waals surface area contributed by atoms with Crippen LogP contribution in [-0.2, 0) is 0 Å². The van der Waals surface area contributed by atoms with E-state index < -0.39 is 5.97 Å². The lowest BCUT2D eigenvalue weighted by atomic mass is 10.1. The van der Waals surface area contributed by atoms with Crippen molar-refractivity contribution in [3.05, 3.63) is 35.9 Å². The molecular weight excluding hydrogens is 232 g/mol. The molecule has 5 nitrogen and oxygen atoms in total. The van der Waals surface area contributed by atoms with Gasteiger partial charge in [-0.05, 0) is 31.4 Å². The average molecular weight is 250 g/mol. The number of primary amides is 1. The van der Waals surface area contributed by atoms with Gasteiger partial charge in [-0.1, -0.05) is 18.2 Å². The molecule has 0 aromatic heterocycles. The predicted molar refractivity (Wildman–Crippen MR) is 68.4 cm³/mol. The molecule has 0 spiro atoms. The van der Waals surface area contributed by atoms with E-state index in [9.17, 15) is 9.59 Å². The molecule has 1 fully saturated rings. The predicted octanol–water partition coefficient (Wildman–Crippen LogP) is 1.94. The highest BCUT2D eigenvalue weighted by atomic mass is 16.4. The van der Waals surface area contributed by atoms with Crippen LogP contribution >= 0.6 is 0 Å². The van der Waals surface area contributed by atoms with E-state index in [1.807, 2.05) is 0 Å². The van der Waals surface area contributed by atoms with Gasteiger partial charge in [-0.25, -0.2) is 9.59 Å². The number of benzene rings is 1. The second kappa shape index (κ2) is 7.32. The Balaban J connectivity index is 0.000000180. The van der Waals surface area contributed by atoms with E-state index in [1.54, 1.807) is 35.2 Å². The van der Waals surface area contributed by atoms with Crippen molar-refractivity contribution >= 4 is 12.0 Å². The van der Waals surface area contributed by atoms with Crippen molar-refractivity contribution in [1.29, 1.82) is 0 Å². The summed E-state index contributed by atoms with van der Waals surface area (Å²) in [5, 5.41) is 8.38. The van der Waals surface area contributed by atoms with Crippen molar-refractivity contribution in [1.82, 2.24) is 4.90 Å². The Kier molecular flexibility index (Phi) is 5.70. The van der Waals surface area contributed by atoms with E-state index in [4.69, 9.17) is 10.8 Å². The molecular formula is C13H18N2O3. The number of nitrogens with zero attached hydrogens (tertiary/aromatic N) is 1. The molecule has 1 aliphatic rings. The number of rotatable bonds is 1. The molecule has 0 atom stereocenters. The first-order chi connectivity index (χ1) is 8.61. The normalized spacial score (nSPS) is 14.3. The van der Waals surface area contributed by atoms with Crippen molar-refractivity contribution < 1.29 is 14.7 Å². The summed E-state index contributed by atoms with van der Waals surface area (Å²) in [5.41, 5.74) is 5.39. The number of urea groups is 1. The molecule has 0 bridgehead atoms. The van der Waals surface area contributed by atoms with Crippen LogP contribution in [0.5, 0.6) is 0 Å². The second-order valence-electron chi connectivity index (χ2n) is 4.06. The van der Waals surface area contributed by atoms with Crippen LogP contribution < -0.4 is 5.73 Å². The Morgan fingerprint density at radius 2 is 1.61 bits per heavy atom. The number of amides is 2. The molecule has 98 valence electrons. The molecule has 2 rings (SSSR count). The maximum absolute atomic E-state index is 10.5. The minimum Gasteiger partial charge on any atom is -0.478 e. The number of aromatic carboxylic acids is 1. The first-order valence-corrected chi connectivity index (χ1v) is 5.94. The van der Waals surface area contributed by atoms with Crippen LogP contribution in [0.1, 0.15) is 29.6 Å². The largest absolute Gasteiger partial charge is 0.478 e. The van der Waals surface area contributed by atoms with Gasteiger partial charge in [-0.15, -0.1) is 0 Å². The smallest absolute Gasteiger partial charge is 0.335 e. The van der Waals surface area contributed by atoms with E-state index in [1.165, 1.54) is 6.42 Å². The van der Waals surface area contributed by atoms with E-state index >= 15 is 0 Å². The highest BCUT2D eigenvalue weighted by molar-refractivity contribution is 5.87. The van der Waals surface area contributed by atoms with Crippen LogP contribution in [0.25, 0.3) is 0 Å². The molecule has 3 N–H and O–H groups in total. The van der Waals surface area contributed by atoms with Gasteiger partial charge in [-0.2, -0.15) is 0 Å². The fourth-order valence-electron chi connectivity index (χ4n) is 1.70. The van der Waals surface area contributed by atoms with Crippen LogP contribution in [0.3, 0.4) is 0 Å². The van der Waals surface area contributed by atoms with Gasteiger partial charge < -0.3 is 15.7 Å². The Morgan fingerprint density at radius 3 is 1.94 bits per heavy atom. The van der Waals surface area contributed by atoms with Crippen molar-refractivity contribution in [2.45, 2.75) is 19.3 Å². The zero-order valence-corrected chi connectivity index (χ0v) is 10.2. The first-order valence-electron chi connectivity index (χ1n) is 5.94. The van der Waals surface area contributed by atoms with E-state index in [0.29, 0.717) is 5.56 Å². The molecule has 18 heavy (non-hydrogen) atoms. The third-order valence-corrected chi connectivity index (χ3v) is 2.69. The van der Waals surface area contributed by atoms with Crippen LogP contribution in [0, 0.1) is 0 Å². The minimum absolute atomic E-state index is 0.269. The van der Waals surface area contributed by atoms with Crippen LogP contribution in [0.15, 0.2) is 30.3 Å². The number of nitrogens with two attached hydrogens (primary N) is 1. The third kappa shape index (κ3) is 4.86. The number of piperidine rings is 1. The van der Waals surface area contributed by atoms with Gasteiger partial charge in [0.1, 0.15) is 0 Å². The highest BCUT2D eigenvalue weighted by Crippen LogP contribution is 2.07. The molecule has 0 unspecified atom stereocenters. The monoisotopic (exact) mass is 250 g/mol. The standard InChI is InChI=1S/C7H6O2.C6H12N2O/c8-7(9)6-4-2-1-3-5-6;7-6(9)8-4-2-1-3-5-8/h1-5H,(H,8,9);1-5H2,(H2,7,9). The van der Waals surface area contributed by atoms with E-state index in [0.717, 1.165) is 25.9 Å². The lowest BCUT2D eigenvalue weighted by molar-refractivity contribution is 0.0697. The number of carbonyl (C=O) groups is 2. The van der Waals surface area contributed by atoms with E-state index in [2.05, 4.69) is 0 Å². The van der Waals surface area contributed by atoms with Crippen molar-refractivity contribution in [2.24, 2.45) is 5.73 Å². The maximum atomic E-state index is 10.5. The highest BCUT2D eigenvalue weighted by Gasteiger charge is 2.11. The molecule has 0 saturated carbocycles. The number of carbonyl (C=O) groups excluding carboxylic acids is 1. The summed E-state index contributed by atoms with van der Waals surface area (Å²) in [5.74, 6) is -0.879. The molecule has 0 radical (unpaired) electrons. The summed E-state index contributed by atoms with van der Waals surface area (Å²) < 4.78 is 0. The third-order valence-electron chi connectivity index (χ3n) is 2.69. The molecule has 1 aromatic carbocycles. The molecule has 5 heteroatoms. The number of hydrogen-bond donors (Lipinski definition) is 2. The summed E-state index contributed by atoms with van der Waals surface area (Å²) in [4.78, 5) is 22.4. The fourth-order valence-corrected chi connectivity index (χ4v) is 1.70. The van der Waals surface area contributed by atoms with Gasteiger partial charge in [0.05, 0.1) is 5.56 Å². The number of hydrogen-bond acceptors (Lipinski definition) is 2. The van der Waals surface area contributed by atoms with Crippen molar-refractivity contribution in [3.63, 3.8) is 0 Å². The zero-order chi connectivity index (χ0) is 13.4. The second-order valence-corrected chi connectivity index (χ2v) is 4.06. The Hall–Kier alpha value is -2.04. The Labute approximate surface area is 106 Å². The van der Waals surface area contributed by atoms with Crippen molar-refractivity contribution in [3.8, 4) is 0 Å². The fraction of sp³-hybridized carbons (Fsp3) is 0.385. The number of carboxylic acid groups (broad SMARTS) is 1. The summed E-state index contributed by atoms with van der Waals surface area (Å²) in [7, 11) is 0. The summed E-state index contributed by atoms with van der Waals surface area (Å²) in [6.45, 7) is 1.71. The average Bonchev–Trinajstić information content (AvgIpc) is 2.41. The minimum atomic E-state index is -0.879. The van der Waals surface area contributed by atoms with Crippen LogP contribution in [0.2, 0.25) is 0 Å². The van der Waals surface area contributed by atoms with Gasteiger partial charge in [0, 0.05) is 13.1 Å². The van der Waals surface area contributed by atoms with Crippen molar-refractivity contribution in [2.75, 3.05) is 13.1 Å². The molecule has 1 saturated heterocycles. The lowest BCUT2D eigenvalue weighted by Gasteiger charge is -2.24. The van der Waals surface area contributed by atoms with Gasteiger partial charge in [0.25, 0.3) is 0 Å². The lowest BCUT2D eigenvalue weighted by Crippen LogP contribution is -2.39. The maximum Gasteiger partial charge on any atom is 0.335 e. The quantitative estimate of drug-likeness (QED) is 0.798. The van der Waals surface area contributed by atoms with Gasteiger partial charge in [-0.3, -0.25) is 0 Å². The molecule has 2 amide bonds.